The maximum atomic E-state index is 12.1. The van der Waals surface area contributed by atoms with Gasteiger partial charge in [0.2, 0.25) is 5.91 Å². The minimum Gasteiger partial charge on any atom is -0.369 e. The maximum absolute atomic E-state index is 12.1. The van der Waals surface area contributed by atoms with Crippen molar-refractivity contribution < 1.29 is 4.79 Å². The Labute approximate surface area is 152 Å². The van der Waals surface area contributed by atoms with Crippen molar-refractivity contribution >= 4 is 22.5 Å². The number of carbonyl (C=O) groups is 1. The van der Waals surface area contributed by atoms with Crippen molar-refractivity contribution in [3.8, 4) is 0 Å². The number of piperidine rings is 1. The lowest BCUT2D eigenvalue weighted by molar-refractivity contribution is -0.123. The molecule has 7 nitrogen and oxygen atoms in total. The number of nitrogens with one attached hydrogen (secondary N) is 1. The number of hydrogen-bond donors (Lipinski definition) is 1. The summed E-state index contributed by atoms with van der Waals surface area (Å²) >= 11 is 0. The quantitative estimate of drug-likeness (QED) is 0.872. The van der Waals surface area contributed by atoms with Crippen molar-refractivity contribution in [2.24, 2.45) is 13.0 Å². The van der Waals surface area contributed by atoms with E-state index < -0.39 is 0 Å². The molecule has 138 valence electrons. The molecule has 1 aromatic carbocycles. The van der Waals surface area contributed by atoms with E-state index in [-0.39, 0.29) is 11.5 Å². The molecule has 4 rings (SSSR count). The topological polar surface area (TPSA) is 70.5 Å². The molecule has 1 atom stereocenters. The van der Waals surface area contributed by atoms with Crippen LogP contribution in [0.4, 0.5) is 5.69 Å². The van der Waals surface area contributed by atoms with Crippen molar-refractivity contribution in [3.63, 3.8) is 0 Å². The van der Waals surface area contributed by atoms with Gasteiger partial charge in [-0.3, -0.25) is 14.5 Å². The van der Waals surface area contributed by atoms with Gasteiger partial charge < -0.3 is 14.8 Å². The molecule has 2 aromatic rings. The van der Waals surface area contributed by atoms with Gasteiger partial charge in [0.1, 0.15) is 0 Å². The van der Waals surface area contributed by atoms with Crippen molar-refractivity contribution in [2.75, 3.05) is 44.2 Å². The smallest absolute Gasteiger partial charge is 0.260 e. The van der Waals surface area contributed by atoms with Crippen LogP contribution in [0.2, 0.25) is 0 Å². The molecule has 2 fully saturated rings. The van der Waals surface area contributed by atoms with Crippen LogP contribution in [0.3, 0.4) is 0 Å². The van der Waals surface area contributed by atoms with Crippen LogP contribution >= 0.6 is 0 Å². The Bertz CT molecular complexity index is 860. The zero-order valence-corrected chi connectivity index (χ0v) is 15.1. The highest BCUT2D eigenvalue weighted by atomic mass is 16.1. The van der Waals surface area contributed by atoms with Gasteiger partial charge in [0.15, 0.2) is 0 Å². The van der Waals surface area contributed by atoms with Gasteiger partial charge in [0, 0.05) is 58.4 Å². The molecule has 0 spiro atoms. The maximum Gasteiger partial charge on any atom is 0.260 e. The average molecular weight is 355 g/mol. The predicted octanol–water partition coefficient (Wildman–Crippen LogP) is 0.582. The Kier molecular flexibility index (Phi) is 4.63. The number of benzene rings is 1. The van der Waals surface area contributed by atoms with E-state index in [0.717, 1.165) is 56.9 Å². The van der Waals surface area contributed by atoms with Gasteiger partial charge >= 0.3 is 0 Å². The van der Waals surface area contributed by atoms with E-state index in [0.29, 0.717) is 17.7 Å². The molecule has 0 saturated carbocycles. The fourth-order valence-corrected chi connectivity index (χ4v) is 3.89. The minimum atomic E-state index is -0.00839. The molecule has 0 bridgehead atoms. The molecule has 26 heavy (non-hydrogen) atoms. The van der Waals surface area contributed by atoms with Crippen LogP contribution in [0.15, 0.2) is 29.3 Å². The predicted molar refractivity (Wildman–Crippen MR) is 101 cm³/mol. The number of aromatic nitrogens is 2. The molecular weight excluding hydrogens is 330 g/mol. The van der Waals surface area contributed by atoms with E-state index in [1.165, 1.54) is 4.57 Å². The SMILES string of the molecule is Cn1cnc2cc(N3CCN(CC4CCC(=O)NC4)CC3)ccc2c1=O. The summed E-state index contributed by atoms with van der Waals surface area (Å²) in [5.41, 5.74) is 1.87. The van der Waals surface area contributed by atoms with E-state index in [4.69, 9.17) is 0 Å². The highest BCUT2D eigenvalue weighted by molar-refractivity contribution is 5.81. The normalized spacial score (nSPS) is 21.8. The molecule has 0 radical (unpaired) electrons. The molecule has 7 heteroatoms. The molecule has 0 aliphatic carbocycles. The summed E-state index contributed by atoms with van der Waals surface area (Å²) in [5.74, 6) is 0.756. The van der Waals surface area contributed by atoms with Crippen LogP contribution in [-0.4, -0.2) is 59.6 Å². The fourth-order valence-electron chi connectivity index (χ4n) is 3.89. The molecule has 2 saturated heterocycles. The van der Waals surface area contributed by atoms with Gasteiger partial charge in [-0.15, -0.1) is 0 Å². The Morgan fingerprint density at radius 3 is 2.73 bits per heavy atom. The van der Waals surface area contributed by atoms with Gasteiger partial charge in [0.25, 0.3) is 5.56 Å². The Morgan fingerprint density at radius 1 is 1.19 bits per heavy atom. The molecule has 1 aromatic heterocycles. The molecule has 1 N–H and O–H groups in total. The first-order valence-electron chi connectivity index (χ1n) is 9.29. The van der Waals surface area contributed by atoms with Gasteiger partial charge in [-0.1, -0.05) is 0 Å². The number of hydrogen-bond acceptors (Lipinski definition) is 5. The third-order valence-electron chi connectivity index (χ3n) is 5.52. The van der Waals surface area contributed by atoms with E-state index in [9.17, 15) is 9.59 Å². The number of piperazine rings is 1. The van der Waals surface area contributed by atoms with Crippen molar-refractivity contribution in [3.05, 3.63) is 34.9 Å². The highest BCUT2D eigenvalue weighted by Crippen LogP contribution is 2.21. The lowest BCUT2D eigenvalue weighted by atomic mass is 9.98. The first-order valence-corrected chi connectivity index (χ1v) is 9.29. The zero-order chi connectivity index (χ0) is 18.1. The second-order valence-corrected chi connectivity index (χ2v) is 7.36. The van der Waals surface area contributed by atoms with Crippen LogP contribution in [0, 0.1) is 5.92 Å². The summed E-state index contributed by atoms with van der Waals surface area (Å²) in [7, 11) is 1.72. The number of amides is 1. The number of fused-ring (bicyclic) bond motifs is 1. The summed E-state index contributed by atoms with van der Waals surface area (Å²) in [5, 5.41) is 3.64. The summed E-state index contributed by atoms with van der Waals surface area (Å²) < 4.78 is 1.51. The largest absolute Gasteiger partial charge is 0.369 e. The first-order chi connectivity index (χ1) is 12.6. The van der Waals surface area contributed by atoms with Gasteiger partial charge in [-0.25, -0.2) is 4.98 Å². The van der Waals surface area contributed by atoms with Crippen molar-refractivity contribution in [1.82, 2.24) is 19.8 Å². The average Bonchev–Trinajstić information content (AvgIpc) is 2.67. The van der Waals surface area contributed by atoms with Crippen molar-refractivity contribution in [1.29, 1.82) is 0 Å². The van der Waals surface area contributed by atoms with Gasteiger partial charge in [-0.05, 0) is 30.5 Å². The number of aryl methyl sites for hydroxylation is 1. The lowest BCUT2D eigenvalue weighted by Gasteiger charge is -2.38. The number of rotatable bonds is 3. The molecule has 1 amide bonds. The molecule has 3 heterocycles. The summed E-state index contributed by atoms with van der Waals surface area (Å²) in [6.07, 6.45) is 3.24. The van der Waals surface area contributed by atoms with E-state index >= 15 is 0 Å². The summed E-state index contributed by atoms with van der Waals surface area (Å²) in [6, 6.07) is 5.93. The third-order valence-corrected chi connectivity index (χ3v) is 5.52. The first kappa shape index (κ1) is 17.0. The highest BCUT2D eigenvalue weighted by Gasteiger charge is 2.23. The number of carbonyl (C=O) groups excluding carboxylic acids is 1. The molecule has 2 aliphatic rings. The van der Waals surface area contributed by atoms with Crippen molar-refractivity contribution in [2.45, 2.75) is 12.8 Å². The lowest BCUT2D eigenvalue weighted by Crippen LogP contribution is -2.49. The Balaban J connectivity index is 1.38. The van der Waals surface area contributed by atoms with E-state index in [1.807, 2.05) is 18.2 Å². The van der Waals surface area contributed by atoms with Crippen LogP contribution in [0.5, 0.6) is 0 Å². The van der Waals surface area contributed by atoms with Crippen LogP contribution in [-0.2, 0) is 11.8 Å². The molecule has 2 aliphatic heterocycles. The van der Waals surface area contributed by atoms with Gasteiger partial charge in [-0.2, -0.15) is 0 Å². The zero-order valence-electron chi connectivity index (χ0n) is 15.1. The third kappa shape index (κ3) is 3.44. The van der Waals surface area contributed by atoms with Crippen LogP contribution in [0.25, 0.3) is 10.9 Å². The molecular formula is C19H25N5O2. The second kappa shape index (κ2) is 7.07. The molecule has 1 unspecified atom stereocenters. The monoisotopic (exact) mass is 355 g/mol. The summed E-state index contributed by atoms with van der Waals surface area (Å²) in [4.78, 5) is 32.7. The number of nitrogens with zero attached hydrogens (tertiary/aromatic N) is 4. The number of anilines is 1. The Morgan fingerprint density at radius 2 is 2.00 bits per heavy atom. The van der Waals surface area contributed by atoms with Crippen LogP contribution in [0.1, 0.15) is 12.8 Å². The Hall–Kier alpha value is -2.41. The van der Waals surface area contributed by atoms with Crippen LogP contribution < -0.4 is 15.8 Å². The van der Waals surface area contributed by atoms with Gasteiger partial charge in [0.05, 0.1) is 17.2 Å². The summed E-state index contributed by atoms with van der Waals surface area (Å²) in [6.45, 7) is 5.84. The van der Waals surface area contributed by atoms with E-state index in [2.05, 4.69) is 20.1 Å². The second-order valence-electron chi connectivity index (χ2n) is 7.36. The minimum absolute atomic E-state index is 0.00839. The van der Waals surface area contributed by atoms with E-state index in [1.54, 1.807) is 13.4 Å². The fraction of sp³-hybridized carbons (Fsp3) is 0.526. The standard InChI is InChI=1S/C19H25N5O2/c1-22-13-21-17-10-15(3-4-16(17)19(22)26)24-8-6-23(7-9-24)12-14-2-5-18(25)20-11-14/h3-4,10,13-14H,2,5-9,11-12H2,1H3,(H,20,25).